The van der Waals surface area contributed by atoms with E-state index in [1.54, 1.807) is 30.3 Å². The van der Waals surface area contributed by atoms with Gasteiger partial charge in [-0.1, -0.05) is 18.2 Å². The summed E-state index contributed by atoms with van der Waals surface area (Å²) in [6.45, 7) is 0. The lowest BCUT2D eigenvalue weighted by molar-refractivity contribution is -0.112. The molecule has 27 heavy (non-hydrogen) atoms. The molecule has 6 nitrogen and oxygen atoms in total. The van der Waals surface area contributed by atoms with Gasteiger partial charge in [-0.2, -0.15) is 0 Å². The summed E-state index contributed by atoms with van der Waals surface area (Å²) in [7, 11) is 2.90. The standard InChI is InChI=1S/C20H20O6S/c1-25-19-7-4-14(11-17(19)22)3-6-16(21)13-27(24)10-9-15-5-8-20(26-2)18(23)12-15/h3-12,22-23H,13H2,1-2H3. The Labute approximate surface area is 160 Å². The van der Waals surface area contributed by atoms with Crippen molar-refractivity contribution in [2.24, 2.45) is 0 Å². The van der Waals surface area contributed by atoms with Crippen molar-refractivity contribution in [1.29, 1.82) is 0 Å². The SMILES string of the molecule is COc1ccc(C=CC(=O)C[S+]([O-])C=Cc2ccc(OC)c(O)c2)cc1O. The van der Waals surface area contributed by atoms with Crippen molar-refractivity contribution >= 4 is 29.1 Å². The number of rotatable bonds is 8. The smallest absolute Gasteiger partial charge is 0.205 e. The first-order valence-electron chi connectivity index (χ1n) is 7.93. The molecule has 2 aromatic carbocycles. The maximum absolute atomic E-state index is 12.0. The van der Waals surface area contributed by atoms with E-state index in [9.17, 15) is 19.6 Å². The Morgan fingerprint density at radius 1 is 1.00 bits per heavy atom. The lowest BCUT2D eigenvalue weighted by Crippen LogP contribution is -2.11. The lowest BCUT2D eigenvalue weighted by Gasteiger charge is -2.05. The second-order valence-electron chi connectivity index (χ2n) is 5.49. The fourth-order valence-corrected chi connectivity index (χ4v) is 2.98. The van der Waals surface area contributed by atoms with E-state index in [4.69, 9.17) is 9.47 Å². The highest BCUT2D eigenvalue weighted by Gasteiger charge is 2.09. The minimum Gasteiger partial charge on any atom is -0.612 e. The highest BCUT2D eigenvalue weighted by Crippen LogP contribution is 2.27. The van der Waals surface area contributed by atoms with E-state index in [2.05, 4.69) is 0 Å². The first kappa shape index (κ1) is 20.4. The fourth-order valence-electron chi connectivity index (χ4n) is 2.20. The van der Waals surface area contributed by atoms with Gasteiger partial charge in [0, 0.05) is 0 Å². The Hall–Kier alpha value is -2.90. The summed E-state index contributed by atoms with van der Waals surface area (Å²) >= 11 is -1.50. The number of methoxy groups -OCH3 is 2. The highest BCUT2D eigenvalue weighted by molar-refractivity contribution is 7.95. The van der Waals surface area contributed by atoms with Crippen LogP contribution in [0.4, 0.5) is 0 Å². The van der Waals surface area contributed by atoms with Crippen LogP contribution in [0.25, 0.3) is 12.2 Å². The number of phenolic OH excluding ortho intramolecular Hbond substituents is 2. The number of ketones is 1. The van der Waals surface area contributed by atoms with E-state index in [-0.39, 0.29) is 23.0 Å². The molecule has 1 unspecified atom stereocenters. The van der Waals surface area contributed by atoms with Crippen LogP contribution in [0.15, 0.2) is 47.9 Å². The number of phenols is 2. The summed E-state index contributed by atoms with van der Waals surface area (Å²) in [5.74, 6) is 0.156. The fraction of sp³-hybridized carbons (Fsp3) is 0.150. The van der Waals surface area contributed by atoms with Crippen LogP contribution in [0.2, 0.25) is 0 Å². The zero-order chi connectivity index (χ0) is 19.8. The van der Waals surface area contributed by atoms with Crippen LogP contribution in [0.3, 0.4) is 0 Å². The van der Waals surface area contributed by atoms with Gasteiger partial charge in [-0.3, -0.25) is 4.79 Å². The van der Waals surface area contributed by atoms with E-state index < -0.39 is 11.2 Å². The van der Waals surface area contributed by atoms with Gasteiger partial charge in [0.1, 0.15) is 5.41 Å². The molecule has 142 valence electrons. The second-order valence-corrected chi connectivity index (χ2v) is 6.81. The van der Waals surface area contributed by atoms with Crippen LogP contribution in [-0.4, -0.2) is 40.5 Å². The molecule has 0 aliphatic heterocycles. The molecule has 0 aliphatic carbocycles. The normalized spacial score (nSPS) is 12.4. The Morgan fingerprint density at radius 2 is 1.52 bits per heavy atom. The molecular weight excluding hydrogens is 368 g/mol. The average molecular weight is 388 g/mol. The number of benzene rings is 2. The Balaban J connectivity index is 1.93. The summed E-state index contributed by atoms with van der Waals surface area (Å²) in [4.78, 5) is 11.9. The van der Waals surface area contributed by atoms with Crippen molar-refractivity contribution in [2.75, 3.05) is 20.0 Å². The summed E-state index contributed by atoms with van der Waals surface area (Å²) < 4.78 is 21.9. The molecule has 0 heterocycles. The molecule has 0 fully saturated rings. The Morgan fingerprint density at radius 3 is 2.00 bits per heavy atom. The van der Waals surface area contributed by atoms with Gasteiger partial charge in [0.2, 0.25) is 5.78 Å². The van der Waals surface area contributed by atoms with Crippen molar-refractivity contribution in [3.63, 3.8) is 0 Å². The predicted octanol–water partition coefficient (Wildman–Crippen LogP) is 3.12. The Bertz CT molecular complexity index is 860. The molecule has 7 heteroatoms. The average Bonchev–Trinajstić information content (AvgIpc) is 2.65. The molecule has 0 aliphatic rings. The van der Waals surface area contributed by atoms with Gasteiger partial charge in [-0.15, -0.1) is 0 Å². The van der Waals surface area contributed by atoms with Gasteiger partial charge in [0.15, 0.2) is 28.8 Å². The van der Waals surface area contributed by atoms with Gasteiger partial charge < -0.3 is 24.2 Å². The van der Waals surface area contributed by atoms with E-state index in [1.165, 1.54) is 43.9 Å². The molecular formula is C20H20O6S. The third-order valence-corrected chi connectivity index (χ3v) is 4.57. The van der Waals surface area contributed by atoms with Gasteiger partial charge in [0.05, 0.1) is 14.2 Å². The van der Waals surface area contributed by atoms with Gasteiger partial charge in [0.25, 0.3) is 0 Å². The van der Waals surface area contributed by atoms with Crippen molar-refractivity contribution in [1.82, 2.24) is 0 Å². The van der Waals surface area contributed by atoms with E-state index in [0.717, 1.165) is 0 Å². The first-order chi connectivity index (χ1) is 12.9. The third-order valence-electron chi connectivity index (χ3n) is 3.56. The predicted molar refractivity (Wildman–Crippen MR) is 105 cm³/mol. The van der Waals surface area contributed by atoms with E-state index >= 15 is 0 Å². The summed E-state index contributed by atoms with van der Waals surface area (Å²) in [5, 5.41) is 20.8. The lowest BCUT2D eigenvalue weighted by atomic mass is 10.2. The zero-order valence-corrected chi connectivity index (χ0v) is 15.7. The molecule has 1 atom stereocenters. The topological polar surface area (TPSA) is 99.1 Å². The van der Waals surface area contributed by atoms with Crippen LogP contribution in [0.1, 0.15) is 11.1 Å². The number of aromatic hydroxyl groups is 2. The molecule has 0 saturated carbocycles. The molecule has 0 radical (unpaired) electrons. The quantitative estimate of drug-likeness (QED) is 0.532. The van der Waals surface area contributed by atoms with Crippen LogP contribution in [0.5, 0.6) is 23.0 Å². The van der Waals surface area contributed by atoms with Gasteiger partial charge in [-0.05, 0) is 58.7 Å². The number of hydrogen-bond acceptors (Lipinski definition) is 6. The van der Waals surface area contributed by atoms with Crippen LogP contribution in [0, 0.1) is 0 Å². The largest absolute Gasteiger partial charge is 0.612 e. The molecule has 0 spiro atoms. The highest BCUT2D eigenvalue weighted by atomic mass is 32.2. The molecule has 2 rings (SSSR count). The minimum absolute atomic E-state index is 0.0211. The zero-order valence-electron chi connectivity index (χ0n) is 14.9. The number of ether oxygens (including phenoxy) is 2. The molecule has 2 N–H and O–H groups in total. The number of allylic oxidation sites excluding steroid dienone is 1. The maximum Gasteiger partial charge on any atom is 0.205 e. The molecule has 2 aromatic rings. The molecule has 0 amide bonds. The number of carbonyl (C=O) groups excluding carboxylic acids is 1. The van der Waals surface area contributed by atoms with E-state index in [0.29, 0.717) is 22.6 Å². The van der Waals surface area contributed by atoms with Gasteiger partial charge >= 0.3 is 0 Å². The molecule has 0 bridgehead atoms. The third kappa shape index (κ3) is 6.09. The first-order valence-corrected chi connectivity index (χ1v) is 9.31. The van der Waals surface area contributed by atoms with Crippen molar-refractivity contribution in [2.45, 2.75) is 0 Å². The molecule has 0 saturated heterocycles. The van der Waals surface area contributed by atoms with E-state index in [1.807, 2.05) is 0 Å². The van der Waals surface area contributed by atoms with Crippen molar-refractivity contribution in [3.8, 4) is 23.0 Å². The van der Waals surface area contributed by atoms with Crippen LogP contribution in [-0.2, 0) is 16.0 Å². The van der Waals surface area contributed by atoms with Crippen molar-refractivity contribution < 1.29 is 29.0 Å². The van der Waals surface area contributed by atoms with Gasteiger partial charge in [-0.25, -0.2) is 0 Å². The number of carbonyl (C=O) groups is 1. The maximum atomic E-state index is 12.0. The minimum atomic E-state index is -1.50. The van der Waals surface area contributed by atoms with Crippen LogP contribution >= 0.6 is 0 Å². The van der Waals surface area contributed by atoms with Crippen molar-refractivity contribution in [3.05, 3.63) is 59.0 Å². The Kier molecular flexibility index (Phi) is 7.34. The monoisotopic (exact) mass is 388 g/mol. The summed E-state index contributed by atoms with van der Waals surface area (Å²) in [6, 6.07) is 9.51. The molecule has 0 aromatic heterocycles. The van der Waals surface area contributed by atoms with Crippen LogP contribution < -0.4 is 9.47 Å². The second kappa shape index (κ2) is 9.70. The summed E-state index contributed by atoms with van der Waals surface area (Å²) in [5.41, 5.74) is 1.26. The summed E-state index contributed by atoms with van der Waals surface area (Å²) in [6.07, 6.45) is 4.41. The number of hydrogen-bond donors (Lipinski definition) is 2.